The summed E-state index contributed by atoms with van der Waals surface area (Å²) in [7, 11) is 0. The summed E-state index contributed by atoms with van der Waals surface area (Å²) in [5.41, 5.74) is 5.39. The third kappa shape index (κ3) is 6.50. The Hall–Kier alpha value is -3.48. The maximum Gasteiger partial charge on any atom is 0.373 e. The van der Waals surface area contributed by atoms with Crippen LogP contribution >= 0.6 is 0 Å². The number of nitrogens with zero attached hydrogens (tertiary/aromatic N) is 2. The van der Waals surface area contributed by atoms with Crippen LogP contribution in [0.3, 0.4) is 0 Å². The number of fused-ring (bicyclic) bond motifs is 2. The van der Waals surface area contributed by atoms with Gasteiger partial charge in [0.25, 0.3) is 5.97 Å². The van der Waals surface area contributed by atoms with Gasteiger partial charge in [-0.1, -0.05) is 47.6 Å². The molecule has 202 valence electrons. The van der Waals surface area contributed by atoms with E-state index in [4.69, 9.17) is 29.1 Å². The van der Waals surface area contributed by atoms with E-state index in [1.54, 1.807) is 0 Å². The number of hydrogen-bond acceptors (Lipinski definition) is 7. The lowest BCUT2D eigenvalue weighted by Crippen LogP contribution is -2.44. The van der Waals surface area contributed by atoms with Gasteiger partial charge in [0.15, 0.2) is 0 Å². The Labute approximate surface area is 223 Å². The minimum Gasteiger partial charge on any atom is -0.488 e. The Balaban J connectivity index is 0.000000434. The summed E-state index contributed by atoms with van der Waals surface area (Å²) in [5, 5.41) is 11.9. The van der Waals surface area contributed by atoms with Crippen LogP contribution < -0.4 is 4.74 Å². The fourth-order valence-corrected chi connectivity index (χ4v) is 5.97. The Morgan fingerprint density at radius 2 is 1.68 bits per heavy atom. The molecule has 1 aliphatic carbocycles. The molecule has 0 aromatic heterocycles. The topological polar surface area (TPSA) is 106 Å². The molecule has 0 bridgehead atoms. The molecule has 2 aromatic rings. The van der Waals surface area contributed by atoms with Gasteiger partial charge in [-0.15, -0.1) is 0 Å². The number of rotatable bonds is 3. The Bertz CT molecular complexity index is 1200. The Morgan fingerprint density at radius 3 is 2.29 bits per heavy atom. The van der Waals surface area contributed by atoms with Crippen molar-refractivity contribution in [2.45, 2.75) is 82.5 Å². The Morgan fingerprint density at radius 1 is 1.05 bits per heavy atom. The van der Waals surface area contributed by atoms with Crippen LogP contribution in [0.4, 0.5) is 0 Å². The van der Waals surface area contributed by atoms with Crippen LogP contribution in [-0.4, -0.2) is 52.1 Å². The standard InChI is InChI=1S/C27H32N2O2.C2H4O2.CO2/c1-25(2)19-26(10-11-26)22-16-20(8-9-24(22)30-25)18-29-14-12-27(13-15-29)17-23(28-31-27)21-6-4-3-5-7-21;1-2(3)4;2-1-3/h3-9,16H,10-15,17-19H2,1-2H3;1H3,(H,3,4);. The molecule has 3 heterocycles. The number of carbonyl (C=O) groups is 1. The van der Waals surface area contributed by atoms with Gasteiger partial charge in [0, 0.05) is 56.8 Å². The van der Waals surface area contributed by atoms with Gasteiger partial charge in [0.05, 0.1) is 5.71 Å². The molecule has 0 atom stereocenters. The molecule has 8 heteroatoms. The van der Waals surface area contributed by atoms with Crippen molar-refractivity contribution in [1.29, 1.82) is 0 Å². The maximum absolute atomic E-state index is 9.00. The first kappa shape index (κ1) is 27.6. The van der Waals surface area contributed by atoms with Gasteiger partial charge in [-0.2, -0.15) is 9.59 Å². The van der Waals surface area contributed by atoms with E-state index in [-0.39, 0.29) is 17.4 Å². The van der Waals surface area contributed by atoms with E-state index in [9.17, 15) is 0 Å². The van der Waals surface area contributed by atoms with Crippen LogP contribution in [0.1, 0.15) is 76.0 Å². The number of hydrogen-bond donors (Lipinski definition) is 1. The first-order chi connectivity index (χ1) is 18.1. The summed E-state index contributed by atoms with van der Waals surface area (Å²) < 4.78 is 6.31. The van der Waals surface area contributed by atoms with Crippen LogP contribution in [-0.2, 0) is 31.2 Å². The lowest BCUT2D eigenvalue weighted by molar-refractivity contribution is -0.191. The quantitative estimate of drug-likeness (QED) is 0.611. The second-order valence-electron chi connectivity index (χ2n) is 11.4. The summed E-state index contributed by atoms with van der Waals surface area (Å²) in [5.74, 6) is 0.278. The predicted molar refractivity (Wildman–Crippen MR) is 141 cm³/mol. The maximum atomic E-state index is 9.00. The first-order valence-electron chi connectivity index (χ1n) is 13.1. The van der Waals surface area contributed by atoms with Gasteiger partial charge in [0.2, 0.25) is 0 Å². The molecule has 0 unspecified atom stereocenters. The second kappa shape index (κ2) is 11.1. The summed E-state index contributed by atoms with van der Waals surface area (Å²) in [6.45, 7) is 8.67. The Kier molecular flexibility index (Phi) is 8.05. The van der Waals surface area contributed by atoms with Gasteiger partial charge in [0.1, 0.15) is 17.0 Å². The number of oxime groups is 1. The molecular weight excluding hydrogens is 484 g/mol. The van der Waals surface area contributed by atoms with Crippen molar-refractivity contribution >= 4 is 17.8 Å². The van der Waals surface area contributed by atoms with E-state index < -0.39 is 5.97 Å². The van der Waals surface area contributed by atoms with Crippen molar-refractivity contribution in [2.24, 2.45) is 5.16 Å². The summed E-state index contributed by atoms with van der Waals surface area (Å²) in [6.07, 6.45) is 7.02. The van der Waals surface area contributed by atoms with Gasteiger partial charge in [-0.3, -0.25) is 9.69 Å². The molecule has 38 heavy (non-hydrogen) atoms. The lowest BCUT2D eigenvalue weighted by Gasteiger charge is -2.39. The van der Waals surface area contributed by atoms with Crippen LogP contribution in [0.25, 0.3) is 0 Å². The van der Waals surface area contributed by atoms with E-state index in [0.29, 0.717) is 5.41 Å². The van der Waals surface area contributed by atoms with E-state index in [2.05, 4.69) is 66.4 Å². The normalized spacial score (nSPS) is 21.2. The molecule has 1 saturated carbocycles. The highest BCUT2D eigenvalue weighted by molar-refractivity contribution is 6.01. The van der Waals surface area contributed by atoms with Crippen molar-refractivity contribution in [3.8, 4) is 5.75 Å². The molecule has 6 rings (SSSR count). The van der Waals surface area contributed by atoms with Crippen molar-refractivity contribution in [1.82, 2.24) is 4.90 Å². The molecule has 2 spiro atoms. The predicted octanol–water partition coefficient (Wildman–Crippen LogP) is 4.95. The van der Waals surface area contributed by atoms with Crippen molar-refractivity contribution in [2.75, 3.05) is 13.1 Å². The van der Waals surface area contributed by atoms with E-state index in [1.807, 2.05) is 6.07 Å². The van der Waals surface area contributed by atoms with Crippen molar-refractivity contribution in [3.05, 3.63) is 65.2 Å². The first-order valence-corrected chi connectivity index (χ1v) is 13.1. The number of carboxylic acids is 1. The van der Waals surface area contributed by atoms with Gasteiger partial charge >= 0.3 is 6.15 Å². The summed E-state index contributed by atoms with van der Waals surface area (Å²) in [6, 6.07) is 17.4. The van der Waals surface area contributed by atoms with Crippen LogP contribution in [0.15, 0.2) is 53.7 Å². The van der Waals surface area contributed by atoms with Gasteiger partial charge < -0.3 is 14.7 Å². The number of ether oxygens (including phenoxy) is 1. The molecule has 4 aliphatic rings. The molecule has 2 fully saturated rings. The van der Waals surface area contributed by atoms with E-state index >= 15 is 0 Å². The molecule has 3 aliphatic heterocycles. The monoisotopic (exact) mass is 520 g/mol. The minimum atomic E-state index is -0.833. The molecule has 1 N–H and O–H groups in total. The lowest BCUT2D eigenvalue weighted by atomic mass is 9.81. The zero-order chi connectivity index (χ0) is 27.4. The molecule has 0 amide bonds. The largest absolute Gasteiger partial charge is 0.488 e. The van der Waals surface area contributed by atoms with Crippen LogP contribution in [0, 0.1) is 0 Å². The zero-order valence-electron chi connectivity index (χ0n) is 22.4. The summed E-state index contributed by atoms with van der Waals surface area (Å²) in [4.78, 5) is 33.8. The van der Waals surface area contributed by atoms with E-state index in [1.165, 1.54) is 29.5 Å². The number of benzene rings is 2. The number of likely N-dealkylation sites (tertiary alicyclic amines) is 1. The molecule has 2 aromatic carbocycles. The fourth-order valence-electron chi connectivity index (χ4n) is 5.97. The zero-order valence-corrected chi connectivity index (χ0v) is 22.4. The SMILES string of the molecule is CC(=O)O.CC1(C)CC2(CC2)c2cc(CN3CCC4(CC3)CC(c3ccccc3)=NO4)ccc2O1.O=C=O. The highest BCUT2D eigenvalue weighted by Crippen LogP contribution is 2.59. The van der Waals surface area contributed by atoms with Crippen molar-refractivity contribution in [3.63, 3.8) is 0 Å². The smallest absolute Gasteiger partial charge is 0.373 e. The number of carbonyl (C=O) groups excluding carboxylic acids is 2. The van der Waals surface area contributed by atoms with Crippen LogP contribution in [0.2, 0.25) is 0 Å². The van der Waals surface area contributed by atoms with Gasteiger partial charge in [-0.25, -0.2) is 0 Å². The fraction of sp³-hybridized carbons (Fsp3) is 0.500. The van der Waals surface area contributed by atoms with E-state index in [0.717, 1.165) is 63.7 Å². The highest BCUT2D eigenvalue weighted by Gasteiger charge is 2.53. The summed E-state index contributed by atoms with van der Waals surface area (Å²) >= 11 is 0. The molecule has 0 radical (unpaired) electrons. The highest BCUT2D eigenvalue weighted by atomic mass is 16.7. The average molecular weight is 521 g/mol. The molecule has 1 saturated heterocycles. The van der Waals surface area contributed by atoms with Crippen LogP contribution in [0.5, 0.6) is 5.75 Å². The third-order valence-corrected chi connectivity index (χ3v) is 7.74. The molecule has 8 nitrogen and oxygen atoms in total. The second-order valence-corrected chi connectivity index (χ2v) is 11.4. The van der Waals surface area contributed by atoms with Gasteiger partial charge in [-0.05, 0) is 50.3 Å². The number of aliphatic carboxylic acids is 1. The minimum absolute atomic E-state index is 0.0475. The average Bonchev–Trinajstić information content (AvgIpc) is 3.50. The molecular formula is C30H36N2O6. The number of carboxylic acid groups (broad SMARTS) is 1. The van der Waals surface area contributed by atoms with Crippen molar-refractivity contribution < 1.29 is 29.1 Å². The third-order valence-electron chi connectivity index (χ3n) is 7.74. The number of piperidine rings is 1.